The lowest BCUT2D eigenvalue weighted by atomic mass is 9.93. The van der Waals surface area contributed by atoms with E-state index in [9.17, 15) is 10.2 Å². The molecule has 0 aliphatic heterocycles. The Bertz CT molecular complexity index is 589. The highest BCUT2D eigenvalue weighted by Gasteiger charge is 2.41. The minimum atomic E-state index is -2.13. The van der Waals surface area contributed by atoms with Gasteiger partial charge in [-0.3, -0.25) is 0 Å². The van der Waals surface area contributed by atoms with Crippen molar-refractivity contribution in [1.82, 2.24) is 0 Å². The molecule has 2 aromatic heterocycles. The first-order valence-corrected chi connectivity index (χ1v) is 5.86. The molecule has 2 unspecified atom stereocenters. The summed E-state index contributed by atoms with van der Waals surface area (Å²) in [5, 5.41) is 45.8. The summed E-state index contributed by atoms with van der Waals surface area (Å²) in [6.07, 6.45) is -0.961. The number of nitrogens with one attached hydrogen (secondary N) is 1. The molecule has 0 fully saturated rings. The number of aliphatic hydroxyl groups excluding tert-OH is 3. The number of hydrogen-bond donors (Lipinski definition) is 5. The van der Waals surface area contributed by atoms with Crippen LogP contribution in [0.25, 0.3) is 0 Å². The second-order valence-corrected chi connectivity index (χ2v) is 4.26. The van der Waals surface area contributed by atoms with Crippen molar-refractivity contribution in [3.63, 3.8) is 0 Å². The van der Waals surface area contributed by atoms with Gasteiger partial charge in [0.15, 0.2) is 11.7 Å². The first-order chi connectivity index (χ1) is 9.55. The summed E-state index contributed by atoms with van der Waals surface area (Å²) in [4.78, 5) is 0. The van der Waals surface area contributed by atoms with Crippen molar-refractivity contribution in [1.29, 1.82) is 5.41 Å². The summed E-state index contributed by atoms with van der Waals surface area (Å²) < 4.78 is 10.3. The molecular weight excluding hydrogens is 266 g/mol. The summed E-state index contributed by atoms with van der Waals surface area (Å²) in [5.74, 6) is 0.317. The lowest BCUT2D eigenvalue weighted by Crippen LogP contribution is -2.34. The summed E-state index contributed by atoms with van der Waals surface area (Å²) in [5.41, 5.74) is -2.13. The Labute approximate surface area is 114 Å². The predicted octanol–water partition coefficient (Wildman–Crippen LogP) is 0.428. The summed E-state index contributed by atoms with van der Waals surface area (Å²) in [6, 6.07) is 5.62. The van der Waals surface area contributed by atoms with Gasteiger partial charge in [0.1, 0.15) is 36.3 Å². The van der Waals surface area contributed by atoms with Crippen LogP contribution in [0.1, 0.15) is 29.1 Å². The van der Waals surface area contributed by atoms with E-state index in [2.05, 4.69) is 0 Å². The molecule has 7 nitrogen and oxygen atoms in total. The summed E-state index contributed by atoms with van der Waals surface area (Å²) >= 11 is 0. The highest BCUT2D eigenvalue weighted by molar-refractivity contribution is 5.68. The van der Waals surface area contributed by atoms with E-state index in [-0.39, 0.29) is 36.3 Å². The lowest BCUT2D eigenvalue weighted by molar-refractivity contribution is -0.0521. The smallest absolute Gasteiger partial charge is 0.190 e. The molecule has 2 atom stereocenters. The molecule has 0 amide bonds. The second-order valence-electron chi connectivity index (χ2n) is 4.26. The van der Waals surface area contributed by atoms with Gasteiger partial charge in [0, 0.05) is 6.21 Å². The monoisotopic (exact) mass is 281 g/mol. The molecule has 20 heavy (non-hydrogen) atoms. The van der Waals surface area contributed by atoms with Gasteiger partial charge in [-0.2, -0.15) is 0 Å². The Morgan fingerprint density at radius 1 is 1.10 bits per heavy atom. The fourth-order valence-electron chi connectivity index (χ4n) is 1.81. The molecule has 0 saturated carbocycles. The van der Waals surface area contributed by atoms with Crippen LogP contribution in [0.15, 0.2) is 33.1 Å². The Kier molecular flexibility index (Phi) is 4.05. The average Bonchev–Trinajstić information content (AvgIpc) is 3.14. The van der Waals surface area contributed by atoms with E-state index in [0.29, 0.717) is 6.21 Å². The van der Waals surface area contributed by atoms with Crippen LogP contribution < -0.4 is 0 Å². The topological polar surface area (TPSA) is 131 Å². The molecule has 2 heterocycles. The van der Waals surface area contributed by atoms with Crippen molar-refractivity contribution >= 4 is 6.21 Å². The van der Waals surface area contributed by atoms with Gasteiger partial charge in [0.05, 0.1) is 0 Å². The second kappa shape index (κ2) is 5.59. The SMILES string of the molecule is N=CC(O)(c1ccc(CO)o1)C(O)c1ccc(CO)o1. The molecule has 0 saturated heterocycles. The lowest BCUT2D eigenvalue weighted by Gasteiger charge is -2.25. The van der Waals surface area contributed by atoms with Gasteiger partial charge in [-0.05, 0) is 24.3 Å². The Morgan fingerprint density at radius 3 is 2.20 bits per heavy atom. The van der Waals surface area contributed by atoms with Crippen LogP contribution in [0.4, 0.5) is 0 Å². The molecule has 0 aromatic carbocycles. The molecule has 7 heteroatoms. The minimum absolute atomic E-state index is 0.0120. The largest absolute Gasteiger partial charge is 0.461 e. The van der Waals surface area contributed by atoms with Crippen LogP contribution in [0, 0.1) is 5.41 Å². The van der Waals surface area contributed by atoms with Gasteiger partial charge in [0.25, 0.3) is 0 Å². The Morgan fingerprint density at radius 2 is 1.70 bits per heavy atom. The van der Waals surface area contributed by atoms with E-state index in [1.165, 1.54) is 24.3 Å². The third-order valence-electron chi connectivity index (χ3n) is 2.96. The fourth-order valence-corrected chi connectivity index (χ4v) is 1.81. The first-order valence-electron chi connectivity index (χ1n) is 5.86. The zero-order valence-electron chi connectivity index (χ0n) is 10.5. The molecule has 0 radical (unpaired) electrons. The minimum Gasteiger partial charge on any atom is -0.461 e. The van der Waals surface area contributed by atoms with Crippen molar-refractivity contribution in [2.75, 3.05) is 0 Å². The molecule has 5 N–H and O–H groups in total. The van der Waals surface area contributed by atoms with E-state index >= 15 is 0 Å². The van der Waals surface area contributed by atoms with Crippen LogP contribution in [-0.2, 0) is 18.8 Å². The third kappa shape index (κ3) is 2.39. The van der Waals surface area contributed by atoms with Crippen LogP contribution in [0.2, 0.25) is 0 Å². The Balaban J connectivity index is 2.36. The van der Waals surface area contributed by atoms with Crippen LogP contribution >= 0.6 is 0 Å². The van der Waals surface area contributed by atoms with Gasteiger partial charge in [-0.15, -0.1) is 0 Å². The van der Waals surface area contributed by atoms with Crippen molar-refractivity contribution in [3.05, 3.63) is 47.3 Å². The summed E-state index contributed by atoms with van der Waals surface area (Å²) in [7, 11) is 0. The van der Waals surface area contributed by atoms with Gasteiger partial charge in [-0.25, -0.2) is 0 Å². The predicted molar refractivity (Wildman–Crippen MR) is 66.9 cm³/mol. The molecule has 0 aliphatic carbocycles. The maximum Gasteiger partial charge on any atom is 0.190 e. The number of aliphatic hydroxyl groups is 4. The summed E-state index contributed by atoms with van der Waals surface area (Å²) in [6.45, 7) is -0.704. The molecular formula is C13H15NO6. The zero-order chi connectivity index (χ0) is 14.8. The first kappa shape index (κ1) is 14.5. The number of furan rings is 2. The average molecular weight is 281 g/mol. The quantitative estimate of drug-likeness (QED) is 0.488. The van der Waals surface area contributed by atoms with Gasteiger partial charge in [0.2, 0.25) is 0 Å². The highest BCUT2D eigenvalue weighted by Crippen LogP contribution is 2.35. The van der Waals surface area contributed by atoms with Gasteiger partial charge < -0.3 is 34.7 Å². The molecule has 108 valence electrons. The zero-order valence-corrected chi connectivity index (χ0v) is 10.5. The normalized spacial score (nSPS) is 15.8. The van der Waals surface area contributed by atoms with Gasteiger partial charge in [-0.1, -0.05) is 0 Å². The van der Waals surface area contributed by atoms with Gasteiger partial charge >= 0.3 is 0 Å². The fraction of sp³-hybridized carbons (Fsp3) is 0.308. The van der Waals surface area contributed by atoms with Crippen molar-refractivity contribution < 1.29 is 29.3 Å². The van der Waals surface area contributed by atoms with Crippen LogP contribution in [0.5, 0.6) is 0 Å². The standard InChI is InChI=1S/C13H15NO6/c14-7-13(18,11-4-2-9(6-16)20-11)12(17)10-3-1-8(5-15)19-10/h1-4,7,12,14-18H,5-6H2. The van der Waals surface area contributed by atoms with Crippen LogP contribution in [0.3, 0.4) is 0 Å². The van der Waals surface area contributed by atoms with Crippen molar-refractivity contribution in [2.24, 2.45) is 0 Å². The maximum atomic E-state index is 10.4. The molecule has 0 aliphatic rings. The van der Waals surface area contributed by atoms with Crippen molar-refractivity contribution in [2.45, 2.75) is 24.9 Å². The van der Waals surface area contributed by atoms with E-state index in [0.717, 1.165) is 0 Å². The molecule has 2 aromatic rings. The van der Waals surface area contributed by atoms with E-state index in [1.54, 1.807) is 0 Å². The molecule has 0 bridgehead atoms. The van der Waals surface area contributed by atoms with E-state index in [4.69, 9.17) is 24.5 Å². The Hall–Kier alpha value is -1.93. The maximum absolute atomic E-state index is 10.4. The third-order valence-corrected chi connectivity index (χ3v) is 2.96. The van der Waals surface area contributed by atoms with Crippen molar-refractivity contribution in [3.8, 4) is 0 Å². The molecule has 0 spiro atoms. The van der Waals surface area contributed by atoms with E-state index in [1.807, 2.05) is 0 Å². The highest BCUT2D eigenvalue weighted by atomic mass is 16.4. The number of rotatable bonds is 6. The van der Waals surface area contributed by atoms with Crippen LogP contribution in [-0.4, -0.2) is 26.6 Å². The number of hydrogen-bond acceptors (Lipinski definition) is 7. The molecule has 2 rings (SSSR count). The van der Waals surface area contributed by atoms with E-state index < -0.39 is 11.7 Å².